The van der Waals surface area contributed by atoms with Crippen molar-refractivity contribution >= 4 is 17.2 Å². The minimum Gasteiger partial charge on any atom is -0.459 e. The third kappa shape index (κ3) is 2.89. The lowest BCUT2D eigenvalue weighted by molar-refractivity contribution is 0.0762. The molecule has 2 fully saturated rings. The zero-order chi connectivity index (χ0) is 16.7. The molecule has 1 N–H and O–H groups in total. The Balaban J connectivity index is 1.53. The molecule has 0 spiro atoms. The summed E-state index contributed by atoms with van der Waals surface area (Å²) in [6, 6.07) is 3.84. The smallest absolute Gasteiger partial charge is 0.265 e. The maximum Gasteiger partial charge on any atom is 0.265 e. The summed E-state index contributed by atoms with van der Waals surface area (Å²) in [5, 5.41) is 4.27. The van der Waals surface area contributed by atoms with Gasteiger partial charge in [-0.15, -0.1) is 11.3 Å². The van der Waals surface area contributed by atoms with Gasteiger partial charge in [-0.3, -0.25) is 4.79 Å². The lowest BCUT2D eigenvalue weighted by atomic mass is 9.92. The number of nitrogens with one attached hydrogen (secondary N) is 1. The molecule has 0 unspecified atom stereocenters. The number of hydrogen-bond donors (Lipinski definition) is 1. The highest BCUT2D eigenvalue weighted by Gasteiger charge is 2.32. The third-order valence-corrected chi connectivity index (χ3v) is 6.41. The van der Waals surface area contributed by atoms with Crippen molar-refractivity contribution in [3.05, 3.63) is 28.5 Å². The van der Waals surface area contributed by atoms with Gasteiger partial charge in [0.05, 0.1) is 5.69 Å². The molecule has 128 valence electrons. The van der Waals surface area contributed by atoms with E-state index in [2.05, 4.69) is 10.3 Å². The van der Waals surface area contributed by atoms with E-state index < -0.39 is 0 Å². The van der Waals surface area contributed by atoms with E-state index in [1.165, 1.54) is 11.3 Å². The molecule has 6 heteroatoms. The lowest BCUT2D eigenvalue weighted by Crippen LogP contribution is -2.32. The van der Waals surface area contributed by atoms with Crippen LogP contribution in [0.5, 0.6) is 0 Å². The van der Waals surface area contributed by atoms with Crippen molar-refractivity contribution in [2.24, 2.45) is 11.8 Å². The monoisotopic (exact) mass is 345 g/mol. The Labute approximate surface area is 146 Å². The third-order valence-electron chi connectivity index (χ3n) is 5.25. The van der Waals surface area contributed by atoms with Gasteiger partial charge in [0.2, 0.25) is 0 Å². The normalized spacial score (nSPS) is 24.0. The molecular weight excluding hydrogens is 322 g/mol. The summed E-state index contributed by atoms with van der Waals surface area (Å²) in [6.45, 7) is 7.75. The Hall–Kier alpha value is -1.66. The maximum absolute atomic E-state index is 13.0. The van der Waals surface area contributed by atoms with Gasteiger partial charge in [-0.25, -0.2) is 4.98 Å². The number of carbonyl (C=O) groups is 1. The first-order chi connectivity index (χ1) is 11.6. The number of rotatable bonds is 2. The van der Waals surface area contributed by atoms with Crippen LogP contribution in [-0.2, 0) is 0 Å². The maximum atomic E-state index is 13.0. The molecule has 1 amide bonds. The van der Waals surface area contributed by atoms with Crippen molar-refractivity contribution in [3.8, 4) is 10.8 Å². The van der Waals surface area contributed by atoms with Gasteiger partial charge in [0.15, 0.2) is 10.8 Å². The molecule has 4 rings (SSSR count). The van der Waals surface area contributed by atoms with E-state index in [-0.39, 0.29) is 5.91 Å². The molecule has 2 aromatic rings. The first-order valence-electron chi connectivity index (χ1n) is 8.66. The van der Waals surface area contributed by atoms with E-state index in [0.717, 1.165) is 78.0 Å². The summed E-state index contributed by atoms with van der Waals surface area (Å²) in [7, 11) is 0. The number of furan rings is 1. The molecule has 0 saturated carbocycles. The van der Waals surface area contributed by atoms with Crippen LogP contribution in [0.25, 0.3) is 10.8 Å². The minimum absolute atomic E-state index is 0.132. The van der Waals surface area contributed by atoms with Crippen LogP contribution in [-0.4, -0.2) is 42.0 Å². The number of aryl methyl sites for hydroxylation is 2. The van der Waals surface area contributed by atoms with E-state index >= 15 is 0 Å². The zero-order valence-electron chi connectivity index (χ0n) is 14.2. The van der Waals surface area contributed by atoms with Gasteiger partial charge in [0.25, 0.3) is 5.91 Å². The van der Waals surface area contributed by atoms with Crippen molar-refractivity contribution in [2.45, 2.75) is 26.7 Å². The molecule has 24 heavy (non-hydrogen) atoms. The molecule has 2 aromatic heterocycles. The summed E-state index contributed by atoms with van der Waals surface area (Å²) in [4.78, 5) is 20.3. The second-order valence-corrected chi connectivity index (χ2v) is 7.89. The quantitative estimate of drug-likeness (QED) is 0.909. The van der Waals surface area contributed by atoms with E-state index in [4.69, 9.17) is 4.42 Å². The average molecular weight is 345 g/mol. The van der Waals surface area contributed by atoms with Gasteiger partial charge < -0.3 is 14.6 Å². The molecular formula is C18H23N3O2S. The average Bonchev–Trinajstić information content (AvgIpc) is 3.25. The van der Waals surface area contributed by atoms with Crippen LogP contribution in [0.1, 0.15) is 34.0 Å². The molecule has 0 bridgehead atoms. The molecule has 2 saturated heterocycles. The van der Waals surface area contributed by atoms with Crippen molar-refractivity contribution in [1.29, 1.82) is 0 Å². The van der Waals surface area contributed by atoms with Crippen molar-refractivity contribution in [2.75, 3.05) is 26.2 Å². The van der Waals surface area contributed by atoms with Crippen LogP contribution in [0.2, 0.25) is 0 Å². The molecule has 2 aliphatic rings. The highest BCUT2D eigenvalue weighted by molar-refractivity contribution is 7.17. The van der Waals surface area contributed by atoms with Crippen LogP contribution in [0.15, 0.2) is 16.5 Å². The standard InChI is InChI=1S/C18H23N3O2S/c1-11-3-4-15(23-11)17-20-12(2)16(24-17)18(22)21-7-5-13-9-19-10-14(13)6-8-21/h3-4,13-14,19H,5-10H2,1-2H3/t13-,14+. The number of carbonyl (C=O) groups excluding carboxylic acids is 1. The predicted molar refractivity (Wildman–Crippen MR) is 94.3 cm³/mol. The van der Waals surface area contributed by atoms with Gasteiger partial charge >= 0.3 is 0 Å². The second kappa shape index (κ2) is 6.33. The Bertz CT molecular complexity index is 737. The number of likely N-dealkylation sites (tertiary alicyclic amines) is 1. The number of hydrogen-bond acceptors (Lipinski definition) is 5. The van der Waals surface area contributed by atoms with Crippen LogP contribution in [0, 0.1) is 25.7 Å². The van der Waals surface area contributed by atoms with Gasteiger partial charge in [0, 0.05) is 13.1 Å². The van der Waals surface area contributed by atoms with Gasteiger partial charge in [-0.05, 0) is 63.7 Å². The van der Waals surface area contributed by atoms with Gasteiger partial charge in [0.1, 0.15) is 10.6 Å². The summed E-state index contributed by atoms with van der Waals surface area (Å²) in [6.07, 6.45) is 2.21. The second-order valence-electron chi connectivity index (χ2n) is 6.89. The Morgan fingerprint density at radius 3 is 2.58 bits per heavy atom. The van der Waals surface area contributed by atoms with Crippen LogP contribution in [0.4, 0.5) is 0 Å². The first-order valence-corrected chi connectivity index (χ1v) is 9.47. The zero-order valence-corrected chi connectivity index (χ0v) is 15.0. The highest BCUT2D eigenvalue weighted by atomic mass is 32.1. The van der Waals surface area contributed by atoms with Crippen LogP contribution in [0.3, 0.4) is 0 Å². The molecule has 0 radical (unpaired) electrons. The Kier molecular flexibility index (Phi) is 4.18. The Morgan fingerprint density at radius 1 is 1.25 bits per heavy atom. The minimum atomic E-state index is 0.132. The van der Waals surface area contributed by atoms with Crippen molar-refractivity contribution in [3.63, 3.8) is 0 Å². The lowest BCUT2D eigenvalue weighted by Gasteiger charge is -2.20. The number of aromatic nitrogens is 1. The van der Waals surface area contributed by atoms with Crippen molar-refractivity contribution < 1.29 is 9.21 Å². The van der Waals surface area contributed by atoms with Crippen LogP contribution < -0.4 is 5.32 Å². The van der Waals surface area contributed by atoms with E-state index in [0.29, 0.717) is 0 Å². The molecule has 5 nitrogen and oxygen atoms in total. The largest absolute Gasteiger partial charge is 0.459 e. The SMILES string of the molecule is Cc1ccc(-c2nc(C)c(C(=O)N3CC[C@@H]4CNC[C@@H]4CC3)s2)o1. The summed E-state index contributed by atoms with van der Waals surface area (Å²) in [5.41, 5.74) is 0.806. The number of nitrogens with zero attached hydrogens (tertiary/aromatic N) is 2. The molecule has 2 aliphatic heterocycles. The fraction of sp³-hybridized carbons (Fsp3) is 0.556. The highest BCUT2D eigenvalue weighted by Crippen LogP contribution is 2.32. The Morgan fingerprint density at radius 2 is 1.96 bits per heavy atom. The van der Waals surface area contributed by atoms with E-state index in [1.54, 1.807) is 0 Å². The van der Waals surface area contributed by atoms with E-state index in [9.17, 15) is 4.79 Å². The molecule has 0 aromatic carbocycles. The number of thiazole rings is 1. The topological polar surface area (TPSA) is 58.4 Å². The summed E-state index contributed by atoms with van der Waals surface area (Å²) in [5.74, 6) is 3.20. The molecule has 0 aliphatic carbocycles. The summed E-state index contributed by atoms with van der Waals surface area (Å²) >= 11 is 1.45. The van der Waals surface area contributed by atoms with Gasteiger partial charge in [-0.1, -0.05) is 0 Å². The number of fused-ring (bicyclic) bond motifs is 1. The van der Waals surface area contributed by atoms with Crippen LogP contribution >= 0.6 is 11.3 Å². The van der Waals surface area contributed by atoms with Gasteiger partial charge in [-0.2, -0.15) is 0 Å². The molecule has 2 atom stereocenters. The van der Waals surface area contributed by atoms with Crippen molar-refractivity contribution in [1.82, 2.24) is 15.2 Å². The fourth-order valence-electron chi connectivity index (χ4n) is 3.81. The first kappa shape index (κ1) is 15.8. The summed E-state index contributed by atoms with van der Waals surface area (Å²) < 4.78 is 5.65. The van der Waals surface area contributed by atoms with E-state index in [1.807, 2.05) is 30.9 Å². The fourth-order valence-corrected chi connectivity index (χ4v) is 4.81. The molecule has 4 heterocycles. The predicted octanol–water partition coefficient (Wildman–Crippen LogP) is 3.09. The number of amides is 1.